The van der Waals surface area contributed by atoms with Gasteiger partial charge in [0.25, 0.3) is 0 Å². The molecule has 0 aromatic heterocycles. The van der Waals surface area contributed by atoms with Crippen LogP contribution in [0, 0.1) is 0 Å². The Bertz CT molecular complexity index is 623. The van der Waals surface area contributed by atoms with E-state index in [0.29, 0.717) is 0 Å². The third kappa shape index (κ3) is 2.82. The van der Waals surface area contributed by atoms with Gasteiger partial charge in [0.2, 0.25) is 0 Å². The lowest BCUT2D eigenvalue weighted by Gasteiger charge is -2.40. The van der Waals surface area contributed by atoms with Crippen LogP contribution >= 0.6 is 12.6 Å². The van der Waals surface area contributed by atoms with Gasteiger partial charge >= 0.3 is 0 Å². The van der Waals surface area contributed by atoms with Gasteiger partial charge in [-0.25, -0.2) is 0 Å². The lowest BCUT2D eigenvalue weighted by molar-refractivity contribution is 0.570. The second kappa shape index (κ2) is 7.06. The fourth-order valence-corrected chi connectivity index (χ4v) is 3.93. The molecule has 0 amide bonds. The van der Waals surface area contributed by atoms with Crippen LogP contribution in [0.15, 0.2) is 91.0 Å². The summed E-state index contributed by atoms with van der Waals surface area (Å²) >= 11 is 5.04. The van der Waals surface area contributed by atoms with Gasteiger partial charge in [-0.05, 0) is 23.1 Å². The maximum absolute atomic E-state index is 5.04. The highest BCUT2D eigenvalue weighted by atomic mass is 32.1. The largest absolute Gasteiger partial charge is 0.174 e. The molecule has 0 saturated heterocycles. The van der Waals surface area contributed by atoms with Gasteiger partial charge in [-0.1, -0.05) is 97.9 Å². The Balaban J connectivity index is 2.35. The van der Waals surface area contributed by atoms with Crippen molar-refractivity contribution in [3.63, 3.8) is 0 Å². The first-order chi connectivity index (χ1) is 11.3. The molecule has 1 heteroatoms. The van der Waals surface area contributed by atoms with E-state index in [1.54, 1.807) is 0 Å². The monoisotopic (exact) mass is 318 g/mol. The summed E-state index contributed by atoms with van der Waals surface area (Å²) < 4.78 is 0. The van der Waals surface area contributed by atoms with Crippen LogP contribution in [0.4, 0.5) is 0 Å². The Morgan fingerprint density at radius 2 is 0.957 bits per heavy atom. The third-order valence-corrected chi connectivity index (χ3v) is 5.33. The summed E-state index contributed by atoms with van der Waals surface area (Å²) in [6.07, 6.45) is 0.988. The Kier molecular flexibility index (Phi) is 4.88. The maximum atomic E-state index is 5.04. The summed E-state index contributed by atoms with van der Waals surface area (Å²) in [7, 11) is 0. The molecule has 0 fully saturated rings. The van der Waals surface area contributed by atoms with Gasteiger partial charge < -0.3 is 0 Å². The van der Waals surface area contributed by atoms with Crippen molar-refractivity contribution in [2.45, 2.75) is 24.0 Å². The molecular formula is C22H22S. The zero-order valence-electron chi connectivity index (χ0n) is 13.4. The fourth-order valence-electron chi connectivity index (χ4n) is 3.49. The van der Waals surface area contributed by atoms with Crippen molar-refractivity contribution in [1.82, 2.24) is 0 Å². The van der Waals surface area contributed by atoms with Gasteiger partial charge in [0, 0.05) is 5.25 Å². The molecule has 0 aliphatic heterocycles. The molecule has 1 atom stereocenters. The zero-order valence-corrected chi connectivity index (χ0v) is 14.3. The highest BCUT2D eigenvalue weighted by molar-refractivity contribution is 7.81. The Morgan fingerprint density at radius 3 is 1.22 bits per heavy atom. The number of benzene rings is 3. The van der Waals surface area contributed by atoms with Crippen molar-refractivity contribution in [3.05, 3.63) is 108 Å². The molecule has 0 nitrogen and oxygen atoms in total. The molecule has 23 heavy (non-hydrogen) atoms. The van der Waals surface area contributed by atoms with Crippen LogP contribution < -0.4 is 0 Å². The van der Waals surface area contributed by atoms with Crippen LogP contribution in [0.1, 0.15) is 30.0 Å². The molecule has 116 valence electrons. The second-order valence-electron chi connectivity index (χ2n) is 5.83. The molecule has 3 rings (SSSR count). The minimum atomic E-state index is -0.248. The number of thiol groups is 1. The molecule has 3 aromatic carbocycles. The van der Waals surface area contributed by atoms with E-state index in [1.807, 2.05) is 0 Å². The van der Waals surface area contributed by atoms with Crippen LogP contribution in [-0.4, -0.2) is 5.25 Å². The summed E-state index contributed by atoms with van der Waals surface area (Å²) in [6, 6.07) is 32.2. The summed E-state index contributed by atoms with van der Waals surface area (Å²) in [5.41, 5.74) is 3.62. The Labute approximate surface area is 144 Å². The van der Waals surface area contributed by atoms with Gasteiger partial charge in [-0.3, -0.25) is 0 Å². The highest BCUT2D eigenvalue weighted by Gasteiger charge is 2.41. The maximum Gasteiger partial charge on any atom is 0.0566 e. The fraction of sp³-hybridized carbons (Fsp3) is 0.182. The molecule has 0 radical (unpaired) electrons. The Morgan fingerprint density at radius 1 is 0.652 bits per heavy atom. The topological polar surface area (TPSA) is 0 Å². The number of hydrogen-bond acceptors (Lipinski definition) is 1. The van der Waals surface area contributed by atoms with Crippen molar-refractivity contribution in [3.8, 4) is 0 Å². The van der Waals surface area contributed by atoms with E-state index >= 15 is 0 Å². The molecule has 0 saturated carbocycles. The molecule has 0 aliphatic rings. The minimum Gasteiger partial charge on any atom is -0.174 e. The normalized spacial score (nSPS) is 12.8. The predicted molar refractivity (Wildman–Crippen MR) is 102 cm³/mol. The summed E-state index contributed by atoms with van der Waals surface area (Å²) in [4.78, 5) is 0. The van der Waals surface area contributed by atoms with Crippen LogP contribution in [0.3, 0.4) is 0 Å². The lowest BCUT2D eigenvalue weighted by atomic mass is 9.66. The van der Waals surface area contributed by atoms with Crippen molar-refractivity contribution in [2.24, 2.45) is 0 Å². The number of hydrogen-bond donors (Lipinski definition) is 1. The summed E-state index contributed by atoms with van der Waals surface area (Å²) in [5, 5.41) is 0.190. The van der Waals surface area contributed by atoms with Crippen molar-refractivity contribution < 1.29 is 0 Å². The lowest BCUT2D eigenvalue weighted by Crippen LogP contribution is -2.38. The third-order valence-electron chi connectivity index (χ3n) is 4.57. The standard InChI is InChI=1S/C22H22S/c1-2-21(23)22(18-12-6-3-7-13-18,19-14-8-4-9-15-19)20-16-10-5-11-17-20/h3-17,21,23H,2H2,1H3. The van der Waals surface area contributed by atoms with Crippen LogP contribution in [0.25, 0.3) is 0 Å². The van der Waals surface area contributed by atoms with E-state index in [4.69, 9.17) is 12.6 Å². The van der Waals surface area contributed by atoms with Crippen molar-refractivity contribution >= 4 is 12.6 Å². The van der Waals surface area contributed by atoms with Crippen LogP contribution in [0.2, 0.25) is 0 Å². The van der Waals surface area contributed by atoms with E-state index in [-0.39, 0.29) is 10.7 Å². The molecule has 0 N–H and O–H groups in total. The quantitative estimate of drug-likeness (QED) is 0.451. The Hall–Kier alpha value is -1.99. The molecule has 0 bridgehead atoms. The van der Waals surface area contributed by atoms with Gasteiger partial charge in [-0.15, -0.1) is 0 Å². The van der Waals surface area contributed by atoms with E-state index in [2.05, 4.69) is 97.9 Å². The van der Waals surface area contributed by atoms with Gasteiger partial charge in [-0.2, -0.15) is 12.6 Å². The molecule has 0 aliphatic carbocycles. The minimum absolute atomic E-state index is 0.190. The second-order valence-corrected chi connectivity index (χ2v) is 6.45. The van der Waals surface area contributed by atoms with Crippen LogP contribution in [0.5, 0.6) is 0 Å². The smallest absolute Gasteiger partial charge is 0.0566 e. The first kappa shape index (κ1) is 15.9. The average Bonchev–Trinajstić information content (AvgIpc) is 2.65. The van der Waals surface area contributed by atoms with Crippen LogP contribution in [-0.2, 0) is 5.41 Å². The van der Waals surface area contributed by atoms with E-state index in [0.717, 1.165) is 6.42 Å². The predicted octanol–water partition coefficient (Wildman–Crippen LogP) is 5.73. The van der Waals surface area contributed by atoms with E-state index in [9.17, 15) is 0 Å². The molecule has 0 heterocycles. The van der Waals surface area contributed by atoms with E-state index < -0.39 is 0 Å². The first-order valence-corrected chi connectivity index (χ1v) is 8.66. The summed E-state index contributed by atoms with van der Waals surface area (Å²) in [6.45, 7) is 2.21. The van der Waals surface area contributed by atoms with E-state index in [1.165, 1.54) is 16.7 Å². The molecule has 1 unspecified atom stereocenters. The first-order valence-electron chi connectivity index (χ1n) is 8.14. The molecule has 0 spiro atoms. The SMILES string of the molecule is CCC(S)C(c1ccccc1)(c1ccccc1)c1ccccc1. The average molecular weight is 318 g/mol. The molecular weight excluding hydrogens is 296 g/mol. The van der Waals surface area contributed by atoms with Gasteiger partial charge in [0.1, 0.15) is 0 Å². The summed E-state index contributed by atoms with van der Waals surface area (Å²) in [5.74, 6) is 0. The molecule has 3 aromatic rings. The van der Waals surface area contributed by atoms with Gasteiger partial charge in [0.05, 0.1) is 5.41 Å². The number of rotatable bonds is 5. The highest BCUT2D eigenvalue weighted by Crippen LogP contribution is 2.45. The zero-order chi connectivity index (χ0) is 16.1. The van der Waals surface area contributed by atoms with Crippen molar-refractivity contribution in [2.75, 3.05) is 0 Å². The van der Waals surface area contributed by atoms with Gasteiger partial charge in [0.15, 0.2) is 0 Å². The van der Waals surface area contributed by atoms with Crippen molar-refractivity contribution in [1.29, 1.82) is 0 Å².